The van der Waals surface area contributed by atoms with Gasteiger partial charge < -0.3 is 5.32 Å². The lowest BCUT2D eigenvalue weighted by atomic mass is 10.1. The highest BCUT2D eigenvalue weighted by Crippen LogP contribution is 2.33. The molecule has 1 saturated heterocycles. The molecule has 1 aromatic heterocycles. The molecule has 0 bridgehead atoms. The van der Waals surface area contributed by atoms with Gasteiger partial charge in [0.2, 0.25) is 15.9 Å². The Morgan fingerprint density at radius 1 is 1.12 bits per heavy atom. The number of hydrogen-bond acceptors (Lipinski definition) is 6. The number of hydrogen-bond donors (Lipinski definition) is 1. The summed E-state index contributed by atoms with van der Waals surface area (Å²) in [5.41, 5.74) is 1.26. The summed E-state index contributed by atoms with van der Waals surface area (Å²) in [7, 11) is -3.86. The van der Waals surface area contributed by atoms with E-state index in [9.17, 15) is 18.0 Å². The van der Waals surface area contributed by atoms with Crippen molar-refractivity contribution in [3.63, 3.8) is 0 Å². The van der Waals surface area contributed by atoms with E-state index in [1.165, 1.54) is 35.5 Å². The zero-order valence-electron chi connectivity index (χ0n) is 17.1. The molecule has 0 radical (unpaired) electrons. The molecule has 1 amide bonds. The van der Waals surface area contributed by atoms with Crippen molar-refractivity contribution in [1.82, 2.24) is 9.29 Å². The highest BCUT2D eigenvalue weighted by Gasteiger charge is 2.39. The topological polar surface area (TPSA) is 96.4 Å². The molecule has 0 aliphatic carbocycles. The van der Waals surface area contributed by atoms with Crippen molar-refractivity contribution in [2.75, 3.05) is 11.9 Å². The molecule has 1 N–H and O–H groups in total. The van der Waals surface area contributed by atoms with E-state index < -0.39 is 22.0 Å². The lowest BCUT2D eigenvalue weighted by Crippen LogP contribution is -2.43. The molecule has 1 aliphatic heterocycles. The molecule has 1 atom stereocenters. The molecule has 2 heterocycles. The molecule has 2 aromatic carbocycles. The van der Waals surface area contributed by atoms with Gasteiger partial charge in [-0.05, 0) is 37.1 Å². The summed E-state index contributed by atoms with van der Waals surface area (Å²) in [6.07, 6.45) is 0.964. The minimum absolute atomic E-state index is 0.0843. The van der Waals surface area contributed by atoms with Crippen LogP contribution in [-0.2, 0) is 14.8 Å². The van der Waals surface area contributed by atoms with Gasteiger partial charge >= 0.3 is 0 Å². The van der Waals surface area contributed by atoms with Gasteiger partial charge in [0.15, 0.2) is 10.9 Å². The fraction of sp³-hybridized carbons (Fsp3) is 0.227. The molecule has 7 nitrogen and oxygen atoms in total. The zero-order chi connectivity index (χ0) is 22.9. The van der Waals surface area contributed by atoms with Crippen molar-refractivity contribution in [1.29, 1.82) is 0 Å². The van der Waals surface area contributed by atoms with Crippen LogP contribution in [0, 0.1) is 0 Å². The van der Waals surface area contributed by atoms with Crippen molar-refractivity contribution in [3.8, 4) is 11.3 Å². The number of anilines is 1. The van der Waals surface area contributed by atoms with Gasteiger partial charge in [-0.3, -0.25) is 9.59 Å². The monoisotopic (exact) mass is 489 g/mol. The Bertz CT molecular complexity index is 1260. The number of nitrogens with one attached hydrogen (secondary N) is 1. The fourth-order valence-electron chi connectivity index (χ4n) is 3.62. The van der Waals surface area contributed by atoms with Gasteiger partial charge in [-0.15, -0.1) is 0 Å². The number of sulfonamides is 1. The summed E-state index contributed by atoms with van der Waals surface area (Å²) in [6.45, 7) is 1.69. The number of ketones is 1. The molecular weight excluding hydrogens is 470 g/mol. The molecule has 1 unspecified atom stereocenters. The van der Waals surface area contributed by atoms with Crippen molar-refractivity contribution in [2.24, 2.45) is 0 Å². The molecule has 10 heteroatoms. The summed E-state index contributed by atoms with van der Waals surface area (Å²) in [5, 5.41) is 3.41. The van der Waals surface area contributed by atoms with Crippen LogP contribution in [0.3, 0.4) is 0 Å². The molecule has 4 rings (SSSR count). The number of benzene rings is 2. The van der Waals surface area contributed by atoms with Crippen LogP contribution in [0.4, 0.5) is 5.13 Å². The Balaban J connectivity index is 1.58. The second-order valence-electron chi connectivity index (χ2n) is 7.34. The number of amides is 1. The molecular formula is C22H20ClN3O4S2. The number of thiazole rings is 1. The highest BCUT2D eigenvalue weighted by atomic mass is 35.5. The normalized spacial score (nSPS) is 16.8. The van der Waals surface area contributed by atoms with Crippen LogP contribution in [0.5, 0.6) is 0 Å². The molecule has 166 valence electrons. The highest BCUT2D eigenvalue weighted by molar-refractivity contribution is 7.89. The Labute approximate surface area is 195 Å². The standard InChI is InChI=1S/C22H20ClN3O4S2/c1-14(27)20-19(15-6-3-2-4-7-15)24-22(31-20)25-21(28)18-8-5-13-26(18)32(29,30)17-11-9-16(23)10-12-17/h2-4,6-7,9-12,18H,5,8,13H2,1H3,(H,24,25,28). The minimum Gasteiger partial charge on any atom is -0.301 e. The first-order chi connectivity index (χ1) is 15.3. The number of rotatable bonds is 6. The third-order valence-electron chi connectivity index (χ3n) is 5.15. The average Bonchev–Trinajstić information content (AvgIpc) is 3.43. The van der Waals surface area contributed by atoms with E-state index in [4.69, 9.17) is 11.6 Å². The van der Waals surface area contributed by atoms with Crippen molar-refractivity contribution in [3.05, 3.63) is 64.5 Å². The van der Waals surface area contributed by atoms with E-state index in [2.05, 4.69) is 10.3 Å². The third-order valence-corrected chi connectivity index (χ3v) is 8.40. The third kappa shape index (κ3) is 4.47. The second-order valence-corrected chi connectivity index (χ2v) is 10.7. The van der Waals surface area contributed by atoms with Gasteiger partial charge in [0, 0.05) is 24.1 Å². The van der Waals surface area contributed by atoms with Gasteiger partial charge in [0.25, 0.3) is 0 Å². The minimum atomic E-state index is -3.86. The number of halogens is 1. The maximum atomic E-state index is 13.1. The van der Waals surface area contributed by atoms with E-state index in [0.29, 0.717) is 28.4 Å². The van der Waals surface area contributed by atoms with Crippen LogP contribution in [0.25, 0.3) is 11.3 Å². The van der Waals surface area contributed by atoms with Crippen molar-refractivity contribution >= 4 is 49.8 Å². The van der Waals surface area contributed by atoms with Crippen LogP contribution in [0.15, 0.2) is 59.5 Å². The summed E-state index contributed by atoms with van der Waals surface area (Å²) in [5.74, 6) is -0.627. The fourth-order valence-corrected chi connectivity index (χ4v) is 6.29. The van der Waals surface area contributed by atoms with Gasteiger partial charge in [-0.25, -0.2) is 13.4 Å². The Morgan fingerprint density at radius 2 is 1.81 bits per heavy atom. The van der Waals surface area contributed by atoms with E-state index in [1.807, 2.05) is 30.3 Å². The quantitative estimate of drug-likeness (QED) is 0.516. The van der Waals surface area contributed by atoms with Gasteiger partial charge in [-0.2, -0.15) is 4.31 Å². The van der Waals surface area contributed by atoms with E-state index in [0.717, 1.165) is 16.9 Å². The lowest BCUT2D eigenvalue weighted by molar-refractivity contribution is -0.119. The SMILES string of the molecule is CC(=O)c1sc(NC(=O)C2CCCN2S(=O)(=O)c2ccc(Cl)cc2)nc1-c1ccccc1. The van der Waals surface area contributed by atoms with E-state index >= 15 is 0 Å². The Hall–Kier alpha value is -2.59. The summed E-state index contributed by atoms with van der Waals surface area (Å²) >= 11 is 6.95. The largest absolute Gasteiger partial charge is 0.301 e. The van der Waals surface area contributed by atoms with Crippen LogP contribution < -0.4 is 5.32 Å². The van der Waals surface area contributed by atoms with Crippen LogP contribution >= 0.6 is 22.9 Å². The van der Waals surface area contributed by atoms with Crippen LogP contribution in [0.1, 0.15) is 29.4 Å². The van der Waals surface area contributed by atoms with Crippen LogP contribution in [0.2, 0.25) is 5.02 Å². The molecule has 32 heavy (non-hydrogen) atoms. The second kappa shape index (κ2) is 9.11. The lowest BCUT2D eigenvalue weighted by Gasteiger charge is -2.23. The molecule has 0 spiro atoms. The first-order valence-corrected chi connectivity index (χ1v) is 12.6. The predicted octanol–water partition coefficient (Wildman–Crippen LogP) is 4.46. The Morgan fingerprint density at radius 3 is 2.47 bits per heavy atom. The molecule has 0 saturated carbocycles. The first-order valence-electron chi connectivity index (χ1n) is 9.93. The van der Waals surface area contributed by atoms with Crippen molar-refractivity contribution in [2.45, 2.75) is 30.7 Å². The number of carbonyl (C=O) groups is 2. The van der Waals surface area contributed by atoms with Crippen molar-refractivity contribution < 1.29 is 18.0 Å². The number of nitrogens with zero attached hydrogens (tertiary/aromatic N) is 2. The average molecular weight is 490 g/mol. The summed E-state index contributed by atoms with van der Waals surface area (Å²) < 4.78 is 27.4. The van der Waals surface area contributed by atoms with Crippen LogP contribution in [-0.4, -0.2) is 42.0 Å². The number of aromatic nitrogens is 1. The first kappa shape index (κ1) is 22.6. The maximum absolute atomic E-state index is 13.1. The molecule has 1 aliphatic rings. The Kier molecular flexibility index (Phi) is 6.43. The van der Waals surface area contributed by atoms with Gasteiger partial charge in [0.1, 0.15) is 6.04 Å². The summed E-state index contributed by atoms with van der Waals surface area (Å²) in [4.78, 5) is 30.1. The van der Waals surface area contributed by atoms with Gasteiger partial charge in [-0.1, -0.05) is 53.3 Å². The van der Waals surface area contributed by atoms with E-state index in [-0.39, 0.29) is 22.4 Å². The maximum Gasteiger partial charge on any atom is 0.244 e. The smallest absolute Gasteiger partial charge is 0.244 e. The number of carbonyl (C=O) groups excluding carboxylic acids is 2. The summed E-state index contributed by atoms with van der Waals surface area (Å²) in [6, 6.07) is 14.2. The van der Waals surface area contributed by atoms with E-state index in [1.54, 1.807) is 0 Å². The molecule has 3 aromatic rings. The molecule has 1 fully saturated rings. The van der Waals surface area contributed by atoms with Gasteiger partial charge in [0.05, 0.1) is 15.5 Å². The predicted molar refractivity (Wildman–Crippen MR) is 125 cm³/mol. The zero-order valence-corrected chi connectivity index (χ0v) is 19.5. The number of Topliss-reactive ketones (excluding diaryl/α,β-unsaturated/α-hetero) is 1.